The molecule has 10 nitrogen and oxygen atoms in total. The molecule has 13 heteroatoms. The Labute approximate surface area is 221 Å². The van der Waals surface area contributed by atoms with Crippen LogP contribution in [0.2, 0.25) is 15.2 Å². The largest absolute Gasteiger partial charge is 0.355 e. The molecule has 1 aromatic carbocycles. The normalized spacial score (nSPS) is 15.2. The van der Waals surface area contributed by atoms with Crippen molar-refractivity contribution in [3.63, 3.8) is 0 Å². The SMILES string of the molecule is Clc1ncnc2nc[nH]c12.NCC1(Cc2ccc(Cl)c(Cl)c2)CCN(c2ncnc3nc[nH]c23)CC1. The van der Waals surface area contributed by atoms with Crippen molar-refractivity contribution < 1.29 is 0 Å². The number of aromatic nitrogens is 8. The molecule has 5 heterocycles. The average Bonchev–Trinajstić information content (AvgIpc) is 3.58. The smallest absolute Gasteiger partial charge is 0.182 e. The number of nitrogens with one attached hydrogen (secondary N) is 2. The Morgan fingerprint density at radius 2 is 1.50 bits per heavy atom. The Hall–Kier alpha value is -3.05. The Balaban J connectivity index is 0.000000222. The maximum Gasteiger partial charge on any atom is 0.182 e. The third-order valence-electron chi connectivity index (χ3n) is 6.50. The highest BCUT2D eigenvalue weighted by atomic mass is 35.5. The second-order valence-electron chi connectivity index (χ2n) is 8.68. The van der Waals surface area contributed by atoms with Crippen molar-refractivity contribution in [1.82, 2.24) is 39.9 Å². The number of aromatic amines is 2. The van der Waals surface area contributed by atoms with Gasteiger partial charge < -0.3 is 20.6 Å². The minimum atomic E-state index is 0.0633. The zero-order valence-corrected chi connectivity index (χ0v) is 21.4. The summed E-state index contributed by atoms with van der Waals surface area (Å²) in [6, 6.07) is 5.84. The first-order chi connectivity index (χ1) is 17.5. The molecule has 0 bridgehead atoms. The van der Waals surface area contributed by atoms with Crippen LogP contribution in [-0.4, -0.2) is 59.5 Å². The predicted molar refractivity (Wildman–Crippen MR) is 141 cm³/mol. The lowest BCUT2D eigenvalue weighted by molar-refractivity contribution is 0.226. The lowest BCUT2D eigenvalue weighted by atomic mass is 9.74. The van der Waals surface area contributed by atoms with Gasteiger partial charge in [0.25, 0.3) is 0 Å². The molecule has 4 N–H and O–H groups in total. The Morgan fingerprint density at radius 3 is 2.17 bits per heavy atom. The van der Waals surface area contributed by atoms with Crippen LogP contribution in [0.3, 0.4) is 0 Å². The number of imidazole rings is 2. The average molecular weight is 546 g/mol. The lowest BCUT2D eigenvalue weighted by Gasteiger charge is -2.42. The summed E-state index contributed by atoms with van der Waals surface area (Å²) in [5, 5.41) is 1.58. The molecule has 4 aromatic heterocycles. The summed E-state index contributed by atoms with van der Waals surface area (Å²) >= 11 is 17.9. The number of hydrogen-bond acceptors (Lipinski definition) is 8. The van der Waals surface area contributed by atoms with E-state index in [0.29, 0.717) is 38.6 Å². The van der Waals surface area contributed by atoms with Gasteiger partial charge in [-0.15, -0.1) is 0 Å². The first kappa shape index (κ1) is 24.6. The van der Waals surface area contributed by atoms with E-state index in [4.69, 9.17) is 40.5 Å². The molecule has 5 aromatic rings. The fourth-order valence-electron chi connectivity index (χ4n) is 4.46. The van der Waals surface area contributed by atoms with Crippen molar-refractivity contribution in [2.24, 2.45) is 11.1 Å². The van der Waals surface area contributed by atoms with Gasteiger partial charge in [0.05, 0.1) is 22.7 Å². The molecule has 36 heavy (non-hydrogen) atoms. The number of anilines is 1. The topological polar surface area (TPSA) is 138 Å². The summed E-state index contributed by atoms with van der Waals surface area (Å²) in [6.45, 7) is 2.43. The summed E-state index contributed by atoms with van der Waals surface area (Å²) in [6.07, 6.45) is 9.02. The number of nitrogens with two attached hydrogens (primary N) is 1. The highest BCUT2D eigenvalue weighted by Gasteiger charge is 2.34. The maximum absolute atomic E-state index is 6.19. The second-order valence-corrected chi connectivity index (χ2v) is 9.85. The minimum absolute atomic E-state index is 0.0633. The Kier molecular flexibility index (Phi) is 7.20. The Bertz CT molecular complexity index is 1480. The van der Waals surface area contributed by atoms with Crippen LogP contribution in [0.4, 0.5) is 5.82 Å². The molecule has 0 spiro atoms. The van der Waals surface area contributed by atoms with E-state index in [1.165, 1.54) is 18.2 Å². The van der Waals surface area contributed by atoms with Crippen LogP contribution < -0.4 is 10.6 Å². The fourth-order valence-corrected chi connectivity index (χ4v) is 4.96. The van der Waals surface area contributed by atoms with Gasteiger partial charge >= 0.3 is 0 Å². The monoisotopic (exact) mass is 544 g/mol. The summed E-state index contributed by atoms with van der Waals surface area (Å²) in [4.78, 5) is 32.6. The van der Waals surface area contributed by atoms with E-state index in [1.807, 2.05) is 18.2 Å². The van der Waals surface area contributed by atoms with Crippen LogP contribution in [0.15, 0.2) is 43.5 Å². The van der Waals surface area contributed by atoms with Crippen molar-refractivity contribution >= 4 is 62.9 Å². The van der Waals surface area contributed by atoms with Gasteiger partial charge in [-0.25, -0.2) is 29.9 Å². The van der Waals surface area contributed by atoms with Crippen LogP contribution in [0.5, 0.6) is 0 Å². The molecule has 0 amide bonds. The van der Waals surface area contributed by atoms with Crippen molar-refractivity contribution in [2.75, 3.05) is 24.5 Å². The number of nitrogens with zero attached hydrogens (tertiary/aromatic N) is 7. The quantitative estimate of drug-likeness (QED) is 0.282. The highest BCUT2D eigenvalue weighted by Crippen LogP contribution is 2.37. The Morgan fingerprint density at radius 1 is 0.833 bits per heavy atom. The van der Waals surface area contributed by atoms with E-state index in [2.05, 4.69) is 44.8 Å². The number of H-pyrrole nitrogens is 2. The van der Waals surface area contributed by atoms with Crippen molar-refractivity contribution in [2.45, 2.75) is 19.3 Å². The van der Waals surface area contributed by atoms with Gasteiger partial charge in [-0.2, -0.15) is 0 Å². The predicted octanol–water partition coefficient (Wildman–Crippen LogP) is 4.45. The van der Waals surface area contributed by atoms with Gasteiger partial charge in [0.2, 0.25) is 0 Å². The third kappa shape index (κ3) is 5.08. The molecule has 1 aliphatic heterocycles. The van der Waals surface area contributed by atoms with Crippen LogP contribution in [0, 0.1) is 5.41 Å². The van der Waals surface area contributed by atoms with Gasteiger partial charge in [0, 0.05) is 13.1 Å². The first-order valence-electron chi connectivity index (χ1n) is 11.3. The molecule has 186 valence electrons. The number of halogens is 3. The van der Waals surface area contributed by atoms with Gasteiger partial charge in [0.15, 0.2) is 22.3 Å². The van der Waals surface area contributed by atoms with Crippen molar-refractivity contribution in [3.05, 3.63) is 64.3 Å². The van der Waals surface area contributed by atoms with E-state index in [9.17, 15) is 0 Å². The maximum atomic E-state index is 6.19. The van der Waals surface area contributed by atoms with Gasteiger partial charge in [-0.3, -0.25) is 0 Å². The number of hydrogen-bond donors (Lipinski definition) is 3. The molecule has 6 rings (SSSR count). The molecule has 0 atom stereocenters. The van der Waals surface area contributed by atoms with Crippen LogP contribution in [0.25, 0.3) is 22.3 Å². The molecule has 1 saturated heterocycles. The first-order valence-corrected chi connectivity index (χ1v) is 12.4. The highest BCUT2D eigenvalue weighted by molar-refractivity contribution is 6.42. The van der Waals surface area contributed by atoms with E-state index in [1.54, 1.807) is 12.7 Å². The molecule has 0 aliphatic carbocycles. The minimum Gasteiger partial charge on any atom is -0.355 e. The molecular formula is C23H23Cl3N10. The number of rotatable bonds is 4. The van der Waals surface area contributed by atoms with Gasteiger partial charge in [-0.1, -0.05) is 40.9 Å². The zero-order chi connectivity index (χ0) is 25.1. The lowest BCUT2D eigenvalue weighted by Crippen LogP contribution is -2.45. The molecule has 1 fully saturated rings. The van der Waals surface area contributed by atoms with Crippen molar-refractivity contribution in [3.8, 4) is 0 Å². The molecular weight excluding hydrogens is 523 g/mol. The molecule has 0 unspecified atom stereocenters. The second kappa shape index (κ2) is 10.5. The van der Waals surface area contributed by atoms with Gasteiger partial charge in [0.1, 0.15) is 23.7 Å². The zero-order valence-electron chi connectivity index (χ0n) is 19.1. The van der Waals surface area contributed by atoms with Gasteiger partial charge in [-0.05, 0) is 48.9 Å². The molecule has 0 radical (unpaired) electrons. The van der Waals surface area contributed by atoms with Crippen molar-refractivity contribution in [1.29, 1.82) is 0 Å². The molecule has 1 aliphatic rings. The summed E-state index contributed by atoms with van der Waals surface area (Å²) in [7, 11) is 0. The number of benzene rings is 1. The third-order valence-corrected chi connectivity index (χ3v) is 7.53. The van der Waals surface area contributed by atoms with E-state index >= 15 is 0 Å². The van der Waals surface area contributed by atoms with E-state index < -0.39 is 0 Å². The standard InChI is InChI=1S/C18H20Cl2N6.C5H3ClN4/c19-13-2-1-12(7-14(13)20)8-18(9-21)3-5-26(6-4-18)17-15-16(23-10-22-15)24-11-25-17;6-4-3-5(9-1-7-3)10-2-8-4/h1-2,7,10-11H,3-6,8-9,21H2,(H,22,23,24,25);1-2H,(H,7,8,9,10). The number of piperidine rings is 1. The summed E-state index contributed by atoms with van der Waals surface area (Å²) in [5.41, 5.74) is 10.3. The van der Waals surface area contributed by atoms with Crippen LogP contribution in [-0.2, 0) is 6.42 Å². The van der Waals surface area contributed by atoms with E-state index in [0.717, 1.165) is 43.7 Å². The fraction of sp³-hybridized carbons (Fsp3) is 0.304. The molecule has 0 saturated carbocycles. The number of fused-ring (bicyclic) bond motifs is 2. The summed E-state index contributed by atoms with van der Waals surface area (Å²) < 4.78 is 0. The van der Waals surface area contributed by atoms with Crippen LogP contribution >= 0.6 is 34.8 Å². The van der Waals surface area contributed by atoms with Crippen LogP contribution in [0.1, 0.15) is 18.4 Å². The van der Waals surface area contributed by atoms with E-state index in [-0.39, 0.29) is 5.41 Å². The summed E-state index contributed by atoms with van der Waals surface area (Å²) in [5.74, 6) is 0.910.